The average Bonchev–Trinajstić information content (AvgIpc) is 3.36. The van der Waals surface area contributed by atoms with Crippen LogP contribution in [-0.2, 0) is 4.79 Å². The largest absolute Gasteiger partial charge is 0.439 e. The SMILES string of the molecule is Cc1ccc(Oc2ccc(NC(=O)CNCC3CC3)cn2)cc1.Cl.Cl. The van der Waals surface area contributed by atoms with Crippen molar-refractivity contribution < 1.29 is 9.53 Å². The van der Waals surface area contributed by atoms with Crippen LogP contribution in [0.2, 0.25) is 0 Å². The zero-order valence-corrected chi connectivity index (χ0v) is 15.7. The van der Waals surface area contributed by atoms with Gasteiger partial charge in [0.05, 0.1) is 18.4 Å². The first-order valence-electron chi connectivity index (χ1n) is 7.90. The fourth-order valence-electron chi connectivity index (χ4n) is 2.16. The van der Waals surface area contributed by atoms with Crippen molar-refractivity contribution in [3.63, 3.8) is 0 Å². The number of carbonyl (C=O) groups is 1. The molecule has 1 heterocycles. The summed E-state index contributed by atoms with van der Waals surface area (Å²) in [5, 5.41) is 5.97. The number of halogens is 2. The van der Waals surface area contributed by atoms with Crippen molar-refractivity contribution in [2.24, 2.45) is 5.92 Å². The molecule has 1 fully saturated rings. The minimum absolute atomic E-state index is 0. The van der Waals surface area contributed by atoms with Crippen LogP contribution in [0.4, 0.5) is 5.69 Å². The predicted octanol–water partition coefficient (Wildman–Crippen LogP) is 3.96. The molecule has 136 valence electrons. The summed E-state index contributed by atoms with van der Waals surface area (Å²) in [7, 11) is 0. The number of nitrogens with zero attached hydrogens (tertiary/aromatic N) is 1. The van der Waals surface area contributed by atoms with E-state index in [0.717, 1.165) is 18.2 Å². The summed E-state index contributed by atoms with van der Waals surface area (Å²) in [6.07, 6.45) is 4.16. The highest BCUT2D eigenvalue weighted by molar-refractivity contribution is 5.92. The van der Waals surface area contributed by atoms with Gasteiger partial charge in [-0.25, -0.2) is 4.98 Å². The van der Waals surface area contributed by atoms with Gasteiger partial charge in [0.25, 0.3) is 0 Å². The molecule has 25 heavy (non-hydrogen) atoms. The van der Waals surface area contributed by atoms with Crippen molar-refractivity contribution in [1.82, 2.24) is 10.3 Å². The van der Waals surface area contributed by atoms with Crippen LogP contribution < -0.4 is 15.4 Å². The predicted molar refractivity (Wildman–Crippen MR) is 104 cm³/mol. The van der Waals surface area contributed by atoms with Crippen LogP contribution in [0.25, 0.3) is 0 Å². The molecule has 1 aliphatic rings. The standard InChI is InChI=1S/C18H21N3O2.2ClH/c1-13-2-7-16(8-3-13)23-18-9-6-15(11-20-18)21-17(22)12-19-10-14-4-5-14;;/h2-3,6-9,11,14,19H,4-5,10,12H2,1H3,(H,21,22);2*1H. The van der Waals surface area contributed by atoms with Gasteiger partial charge < -0.3 is 15.4 Å². The van der Waals surface area contributed by atoms with Gasteiger partial charge in [-0.2, -0.15) is 0 Å². The molecule has 1 amide bonds. The summed E-state index contributed by atoms with van der Waals surface area (Å²) in [5.41, 5.74) is 1.85. The second-order valence-corrected chi connectivity index (χ2v) is 5.92. The molecular formula is C18H23Cl2N3O2. The van der Waals surface area contributed by atoms with E-state index in [4.69, 9.17) is 4.74 Å². The number of ether oxygens (including phenoxy) is 1. The van der Waals surface area contributed by atoms with Crippen molar-refractivity contribution in [2.45, 2.75) is 19.8 Å². The Balaban J connectivity index is 0.00000156. The lowest BCUT2D eigenvalue weighted by Crippen LogP contribution is -2.29. The first kappa shape index (κ1) is 21.2. The molecule has 1 aliphatic carbocycles. The molecule has 7 heteroatoms. The lowest BCUT2D eigenvalue weighted by molar-refractivity contribution is -0.115. The highest BCUT2D eigenvalue weighted by atomic mass is 35.5. The summed E-state index contributed by atoms with van der Waals surface area (Å²) in [6.45, 7) is 3.28. The van der Waals surface area contributed by atoms with Gasteiger partial charge in [0.1, 0.15) is 5.75 Å². The number of amides is 1. The minimum atomic E-state index is -0.0559. The summed E-state index contributed by atoms with van der Waals surface area (Å²) in [6, 6.07) is 11.3. The molecule has 0 radical (unpaired) electrons. The van der Waals surface area contributed by atoms with Gasteiger partial charge >= 0.3 is 0 Å². The number of anilines is 1. The Morgan fingerprint density at radius 2 is 1.88 bits per heavy atom. The van der Waals surface area contributed by atoms with Crippen molar-refractivity contribution in [3.8, 4) is 11.6 Å². The third kappa shape index (κ3) is 7.30. The topological polar surface area (TPSA) is 63.2 Å². The number of aromatic nitrogens is 1. The maximum Gasteiger partial charge on any atom is 0.238 e. The smallest absolute Gasteiger partial charge is 0.238 e. The Labute approximate surface area is 160 Å². The molecule has 1 aromatic heterocycles. The third-order valence-electron chi connectivity index (χ3n) is 3.68. The summed E-state index contributed by atoms with van der Waals surface area (Å²) < 4.78 is 5.66. The quantitative estimate of drug-likeness (QED) is 0.759. The number of hydrogen-bond acceptors (Lipinski definition) is 4. The maximum absolute atomic E-state index is 11.8. The van der Waals surface area contributed by atoms with Crippen molar-refractivity contribution >= 4 is 36.4 Å². The Bertz CT molecular complexity index is 659. The molecular weight excluding hydrogens is 361 g/mol. The number of carbonyl (C=O) groups excluding carboxylic acids is 1. The molecule has 0 unspecified atom stereocenters. The lowest BCUT2D eigenvalue weighted by atomic mass is 10.2. The number of nitrogens with one attached hydrogen (secondary N) is 2. The van der Waals surface area contributed by atoms with E-state index in [0.29, 0.717) is 18.1 Å². The molecule has 2 N–H and O–H groups in total. The first-order valence-corrected chi connectivity index (χ1v) is 7.90. The van der Waals surface area contributed by atoms with E-state index in [1.54, 1.807) is 18.3 Å². The molecule has 0 aliphatic heterocycles. The molecule has 2 aromatic rings. The number of benzene rings is 1. The van der Waals surface area contributed by atoms with Crippen LogP contribution in [-0.4, -0.2) is 24.0 Å². The second kappa shape index (κ2) is 10.2. The van der Waals surface area contributed by atoms with Crippen LogP contribution in [0.5, 0.6) is 11.6 Å². The normalized spacial score (nSPS) is 12.5. The van der Waals surface area contributed by atoms with Crippen LogP contribution in [0.3, 0.4) is 0 Å². The number of hydrogen-bond donors (Lipinski definition) is 2. The lowest BCUT2D eigenvalue weighted by Gasteiger charge is -2.08. The first-order chi connectivity index (χ1) is 11.2. The zero-order valence-electron chi connectivity index (χ0n) is 14.0. The molecule has 0 atom stereocenters. The molecule has 1 aromatic carbocycles. The summed E-state index contributed by atoms with van der Waals surface area (Å²) in [5.74, 6) is 1.95. The zero-order chi connectivity index (χ0) is 16.1. The minimum Gasteiger partial charge on any atom is -0.439 e. The van der Waals surface area contributed by atoms with Gasteiger partial charge in [-0.1, -0.05) is 17.7 Å². The number of rotatable bonds is 7. The molecule has 1 saturated carbocycles. The highest BCUT2D eigenvalue weighted by Gasteiger charge is 2.20. The van der Waals surface area contributed by atoms with Gasteiger partial charge in [-0.3, -0.25) is 4.79 Å². The maximum atomic E-state index is 11.8. The third-order valence-corrected chi connectivity index (χ3v) is 3.68. The van der Waals surface area contributed by atoms with E-state index in [1.807, 2.05) is 31.2 Å². The Kier molecular flexibility index (Phi) is 8.69. The number of aryl methyl sites for hydroxylation is 1. The van der Waals surface area contributed by atoms with E-state index >= 15 is 0 Å². The molecule has 0 saturated heterocycles. The van der Waals surface area contributed by atoms with Crippen LogP contribution >= 0.6 is 24.8 Å². The Hall–Kier alpha value is -1.82. The fraction of sp³-hybridized carbons (Fsp3) is 0.333. The summed E-state index contributed by atoms with van der Waals surface area (Å²) in [4.78, 5) is 16.0. The van der Waals surface area contributed by atoms with Gasteiger partial charge in [-0.15, -0.1) is 24.8 Å². The van der Waals surface area contributed by atoms with E-state index in [-0.39, 0.29) is 30.7 Å². The van der Waals surface area contributed by atoms with E-state index in [2.05, 4.69) is 15.6 Å². The Morgan fingerprint density at radius 3 is 2.48 bits per heavy atom. The monoisotopic (exact) mass is 383 g/mol. The van der Waals surface area contributed by atoms with Crippen LogP contribution in [0, 0.1) is 12.8 Å². The van der Waals surface area contributed by atoms with E-state index in [9.17, 15) is 4.79 Å². The van der Waals surface area contributed by atoms with Gasteiger partial charge in [0.15, 0.2) is 0 Å². The van der Waals surface area contributed by atoms with Gasteiger partial charge in [0, 0.05) is 6.07 Å². The second-order valence-electron chi connectivity index (χ2n) is 5.92. The highest BCUT2D eigenvalue weighted by Crippen LogP contribution is 2.27. The average molecular weight is 384 g/mol. The van der Waals surface area contributed by atoms with Crippen molar-refractivity contribution in [2.75, 3.05) is 18.4 Å². The Morgan fingerprint density at radius 1 is 1.16 bits per heavy atom. The molecule has 5 nitrogen and oxygen atoms in total. The van der Waals surface area contributed by atoms with Crippen molar-refractivity contribution in [3.05, 3.63) is 48.2 Å². The van der Waals surface area contributed by atoms with E-state index < -0.39 is 0 Å². The number of pyridine rings is 1. The van der Waals surface area contributed by atoms with Crippen LogP contribution in [0.1, 0.15) is 18.4 Å². The van der Waals surface area contributed by atoms with Gasteiger partial charge in [-0.05, 0) is 50.4 Å². The molecule has 3 rings (SSSR count). The van der Waals surface area contributed by atoms with Gasteiger partial charge in [0.2, 0.25) is 11.8 Å². The molecule has 0 spiro atoms. The van der Waals surface area contributed by atoms with Crippen LogP contribution in [0.15, 0.2) is 42.6 Å². The van der Waals surface area contributed by atoms with E-state index in [1.165, 1.54) is 18.4 Å². The van der Waals surface area contributed by atoms with Crippen molar-refractivity contribution in [1.29, 1.82) is 0 Å². The molecule has 0 bridgehead atoms. The summed E-state index contributed by atoms with van der Waals surface area (Å²) >= 11 is 0. The fourth-order valence-corrected chi connectivity index (χ4v) is 2.16.